The number of hydrogen-bond acceptors (Lipinski definition) is 5. The highest BCUT2D eigenvalue weighted by molar-refractivity contribution is 8.79. The van der Waals surface area contributed by atoms with Crippen LogP contribution in [0.15, 0.2) is 0 Å². The first-order valence-electron chi connectivity index (χ1n) is 3.85. The molecule has 6 heteroatoms. The van der Waals surface area contributed by atoms with Gasteiger partial charge in [-0.3, -0.25) is 0 Å². The predicted octanol–water partition coefficient (Wildman–Crippen LogP) is 1.55. The van der Waals surface area contributed by atoms with Crippen LogP contribution >= 0.6 is 21.6 Å². The molecule has 0 bridgehead atoms. The van der Waals surface area contributed by atoms with E-state index in [-0.39, 0.29) is 10.9 Å². The molecule has 78 valence electrons. The van der Waals surface area contributed by atoms with Crippen molar-refractivity contribution in [2.24, 2.45) is 0 Å². The van der Waals surface area contributed by atoms with Gasteiger partial charge in [0.2, 0.25) is 0 Å². The zero-order valence-electron chi connectivity index (χ0n) is 8.10. The van der Waals surface area contributed by atoms with E-state index in [1.54, 1.807) is 17.9 Å². The Morgan fingerprint density at radius 2 is 1.92 bits per heavy atom. The number of rotatable bonds is 2. The molecule has 0 radical (unpaired) electrons. The van der Waals surface area contributed by atoms with Gasteiger partial charge in [0.15, 0.2) is 9.84 Å². The molecular weight excluding hydrogens is 228 g/mol. The summed E-state index contributed by atoms with van der Waals surface area (Å²) in [6, 6.07) is 0. The summed E-state index contributed by atoms with van der Waals surface area (Å²) in [5.41, 5.74) is 0. The van der Waals surface area contributed by atoms with E-state index in [1.807, 2.05) is 13.8 Å². The van der Waals surface area contributed by atoms with Gasteiger partial charge in [-0.15, -0.1) is 0 Å². The lowest BCUT2D eigenvalue weighted by Crippen LogP contribution is -2.40. The molecule has 0 saturated carbocycles. The summed E-state index contributed by atoms with van der Waals surface area (Å²) >= 11 is 0. The Kier molecular flexibility index (Phi) is 3.27. The van der Waals surface area contributed by atoms with E-state index < -0.39 is 14.4 Å². The minimum atomic E-state index is -3.02. The van der Waals surface area contributed by atoms with Crippen molar-refractivity contribution < 1.29 is 13.2 Å². The molecule has 13 heavy (non-hydrogen) atoms. The van der Waals surface area contributed by atoms with Crippen molar-refractivity contribution in [1.82, 2.24) is 0 Å². The monoisotopic (exact) mass is 242 g/mol. The minimum Gasteiger partial charge on any atom is -0.378 e. The molecule has 1 heterocycles. The third-order valence-corrected chi connectivity index (χ3v) is 8.15. The zero-order valence-corrected chi connectivity index (χ0v) is 10.6. The lowest BCUT2D eigenvalue weighted by Gasteiger charge is -2.25. The summed E-state index contributed by atoms with van der Waals surface area (Å²) in [6.07, 6.45) is 1.04. The largest absolute Gasteiger partial charge is 0.378 e. The average molecular weight is 242 g/mol. The van der Waals surface area contributed by atoms with Gasteiger partial charge in [-0.2, -0.15) is 0 Å². The van der Waals surface area contributed by atoms with Crippen molar-refractivity contribution in [3.05, 3.63) is 0 Å². The molecule has 0 N–H and O–H groups in total. The lowest BCUT2D eigenvalue weighted by atomic mass is 10.1. The zero-order chi connectivity index (χ0) is 10.3. The van der Waals surface area contributed by atoms with Crippen molar-refractivity contribution in [3.8, 4) is 0 Å². The number of ether oxygens (including phenoxy) is 1. The fourth-order valence-corrected chi connectivity index (χ4v) is 7.41. The molecule has 0 amide bonds. The Labute approximate surface area is 87.3 Å². The maximum Gasteiger partial charge on any atom is 0.163 e. The Morgan fingerprint density at radius 3 is 2.23 bits per heavy atom. The smallest absolute Gasteiger partial charge is 0.163 e. The van der Waals surface area contributed by atoms with Crippen molar-refractivity contribution in [3.63, 3.8) is 0 Å². The van der Waals surface area contributed by atoms with E-state index in [2.05, 4.69) is 0 Å². The van der Waals surface area contributed by atoms with Gasteiger partial charge in [-0.1, -0.05) is 21.6 Å². The SMILES string of the molecule is COC1C(S(C)(=O)=O)SSC1(C)C. The molecule has 0 aliphatic carbocycles. The van der Waals surface area contributed by atoms with Crippen LogP contribution in [0.3, 0.4) is 0 Å². The highest BCUT2D eigenvalue weighted by Gasteiger charge is 2.48. The van der Waals surface area contributed by atoms with E-state index in [0.717, 1.165) is 0 Å². The van der Waals surface area contributed by atoms with Crippen LogP contribution < -0.4 is 0 Å². The molecule has 1 saturated heterocycles. The van der Waals surface area contributed by atoms with E-state index >= 15 is 0 Å². The van der Waals surface area contributed by atoms with Crippen LogP contribution in [0, 0.1) is 0 Å². The van der Waals surface area contributed by atoms with Gasteiger partial charge < -0.3 is 4.74 Å². The molecule has 3 nitrogen and oxygen atoms in total. The second-order valence-corrected chi connectivity index (χ2v) is 9.10. The third kappa shape index (κ3) is 2.34. The van der Waals surface area contributed by atoms with Gasteiger partial charge in [0.25, 0.3) is 0 Å². The first kappa shape index (κ1) is 11.7. The highest BCUT2D eigenvalue weighted by Crippen LogP contribution is 2.53. The highest BCUT2D eigenvalue weighted by atomic mass is 33.1. The molecular formula is C7H14O3S3. The molecule has 2 unspecified atom stereocenters. The van der Waals surface area contributed by atoms with Crippen LogP contribution in [-0.4, -0.2) is 37.2 Å². The summed E-state index contributed by atoms with van der Waals surface area (Å²) in [6.45, 7) is 4.01. The fraction of sp³-hybridized carbons (Fsp3) is 1.00. The van der Waals surface area contributed by atoms with Crippen molar-refractivity contribution in [1.29, 1.82) is 0 Å². The van der Waals surface area contributed by atoms with Crippen LogP contribution in [-0.2, 0) is 14.6 Å². The molecule has 0 aromatic carbocycles. The number of sulfone groups is 1. The first-order valence-corrected chi connectivity index (χ1v) is 8.02. The van der Waals surface area contributed by atoms with Crippen LogP contribution in [0.4, 0.5) is 0 Å². The number of hydrogen-bond donors (Lipinski definition) is 0. The second kappa shape index (κ2) is 3.64. The Morgan fingerprint density at radius 1 is 1.38 bits per heavy atom. The van der Waals surface area contributed by atoms with Crippen LogP contribution in [0.25, 0.3) is 0 Å². The standard InChI is InChI=1S/C7H14O3S3/c1-7(2)5(10-3)6(11-12-7)13(4,8)9/h5-6H,1-4H3. The van der Waals surface area contributed by atoms with Crippen molar-refractivity contribution in [2.45, 2.75) is 29.3 Å². The summed E-state index contributed by atoms with van der Waals surface area (Å²) in [4.78, 5) is 0. The van der Waals surface area contributed by atoms with Gasteiger partial charge in [-0.05, 0) is 13.8 Å². The lowest BCUT2D eigenvalue weighted by molar-refractivity contribution is 0.0927. The second-order valence-electron chi connectivity index (χ2n) is 3.64. The quantitative estimate of drug-likeness (QED) is 0.687. The topological polar surface area (TPSA) is 43.4 Å². The molecule has 1 fully saturated rings. The molecule has 1 aliphatic heterocycles. The van der Waals surface area contributed by atoms with Crippen molar-refractivity contribution in [2.75, 3.05) is 13.4 Å². The fourth-order valence-electron chi connectivity index (χ4n) is 1.29. The third-order valence-electron chi connectivity index (χ3n) is 1.97. The van der Waals surface area contributed by atoms with Gasteiger partial charge in [0, 0.05) is 18.1 Å². The predicted molar refractivity (Wildman–Crippen MR) is 58.7 cm³/mol. The maximum absolute atomic E-state index is 11.4. The van der Waals surface area contributed by atoms with Crippen LogP contribution in [0.2, 0.25) is 0 Å². The number of methoxy groups -OCH3 is 1. The van der Waals surface area contributed by atoms with E-state index in [9.17, 15) is 8.42 Å². The Hall–Kier alpha value is 0.610. The first-order chi connectivity index (χ1) is 5.79. The average Bonchev–Trinajstić information content (AvgIpc) is 2.23. The van der Waals surface area contributed by atoms with Crippen molar-refractivity contribution >= 4 is 31.4 Å². The molecule has 0 aromatic heterocycles. The molecule has 1 aliphatic rings. The summed E-state index contributed by atoms with van der Waals surface area (Å²) in [7, 11) is 1.52. The van der Waals surface area contributed by atoms with Crippen LogP contribution in [0.1, 0.15) is 13.8 Å². The van der Waals surface area contributed by atoms with Gasteiger partial charge >= 0.3 is 0 Å². The summed E-state index contributed by atoms with van der Waals surface area (Å²) in [5.74, 6) is 0. The summed E-state index contributed by atoms with van der Waals surface area (Å²) < 4.78 is 27.4. The maximum atomic E-state index is 11.4. The van der Waals surface area contributed by atoms with Gasteiger partial charge in [-0.25, -0.2) is 8.42 Å². The molecule has 0 aromatic rings. The summed E-state index contributed by atoms with van der Waals surface area (Å²) in [5, 5.41) is 0. The van der Waals surface area contributed by atoms with E-state index in [1.165, 1.54) is 17.0 Å². The Balaban J connectivity index is 2.93. The van der Waals surface area contributed by atoms with Gasteiger partial charge in [0.1, 0.15) is 4.58 Å². The van der Waals surface area contributed by atoms with E-state index in [4.69, 9.17) is 4.74 Å². The van der Waals surface area contributed by atoms with Gasteiger partial charge in [0.05, 0.1) is 6.10 Å². The molecule has 0 spiro atoms. The normalized spacial score (nSPS) is 33.5. The van der Waals surface area contributed by atoms with Crippen LogP contribution in [0.5, 0.6) is 0 Å². The Bertz CT molecular complexity index is 283. The minimum absolute atomic E-state index is 0.132. The molecule has 1 rings (SSSR count). The van der Waals surface area contributed by atoms with E-state index in [0.29, 0.717) is 0 Å². The molecule has 2 atom stereocenters.